The third-order valence-corrected chi connectivity index (χ3v) is 6.10. The van der Waals surface area contributed by atoms with Crippen LogP contribution in [0.2, 0.25) is 0 Å². The van der Waals surface area contributed by atoms with Crippen molar-refractivity contribution in [2.45, 2.75) is 19.3 Å². The maximum atomic E-state index is 14.0. The number of anilines is 3. The lowest BCUT2D eigenvalue weighted by molar-refractivity contribution is -0.146. The number of fused-ring (bicyclic) bond motifs is 2. The molecule has 0 unspecified atom stereocenters. The molecule has 2 aromatic carbocycles. The van der Waals surface area contributed by atoms with Crippen molar-refractivity contribution in [3.05, 3.63) is 71.6 Å². The average molecular weight is 651 g/mol. The SMILES string of the molecule is COc1nc2[nH]c(C(F)(F)F)nc2nc1Nc1ccc(C)cc1.COc1nc2c(nc1N)nc(C(F)(F)F)n2-c1ccccc1F. The number of ether oxygens (including phenoxy) is 2. The van der Waals surface area contributed by atoms with E-state index in [-0.39, 0.29) is 51.7 Å². The van der Waals surface area contributed by atoms with Crippen LogP contribution in [-0.2, 0) is 12.4 Å². The van der Waals surface area contributed by atoms with Crippen molar-refractivity contribution in [1.29, 1.82) is 0 Å². The van der Waals surface area contributed by atoms with E-state index in [1.165, 1.54) is 32.4 Å². The molecule has 0 spiro atoms. The minimum Gasteiger partial charge on any atom is -0.478 e. The predicted molar refractivity (Wildman–Crippen MR) is 150 cm³/mol. The van der Waals surface area contributed by atoms with E-state index < -0.39 is 29.8 Å². The number of hydrogen-bond acceptors (Lipinski definition) is 10. The number of H-pyrrole nitrogens is 1. The number of nitrogen functional groups attached to an aromatic ring is 1. The van der Waals surface area contributed by atoms with Gasteiger partial charge in [-0.05, 0) is 31.2 Å². The van der Waals surface area contributed by atoms with Crippen LogP contribution in [0.25, 0.3) is 28.3 Å². The van der Waals surface area contributed by atoms with Crippen LogP contribution in [0, 0.1) is 12.7 Å². The summed E-state index contributed by atoms with van der Waals surface area (Å²) < 4.78 is 102. The average Bonchev–Trinajstić information content (AvgIpc) is 3.59. The summed E-state index contributed by atoms with van der Waals surface area (Å²) in [6, 6.07) is 12.4. The Hall–Kier alpha value is -5.75. The molecule has 0 saturated carbocycles. The number of benzene rings is 2. The number of aryl methyl sites for hydroxylation is 1. The summed E-state index contributed by atoms with van der Waals surface area (Å²) in [6.07, 6.45) is -9.44. The highest BCUT2D eigenvalue weighted by atomic mass is 19.4. The van der Waals surface area contributed by atoms with Gasteiger partial charge in [0.2, 0.25) is 17.3 Å². The Morgan fingerprint density at radius 3 is 2.07 bits per heavy atom. The lowest BCUT2D eigenvalue weighted by Crippen LogP contribution is -2.15. The lowest BCUT2D eigenvalue weighted by atomic mass is 10.2. The Bertz CT molecular complexity index is 2020. The van der Waals surface area contributed by atoms with Gasteiger partial charge < -0.3 is 25.5 Å². The second-order valence-corrected chi connectivity index (χ2v) is 9.31. The number of para-hydroxylation sites is 1. The first-order valence-electron chi connectivity index (χ1n) is 12.8. The highest BCUT2D eigenvalue weighted by Crippen LogP contribution is 2.35. The minimum atomic E-state index is -4.84. The first kappa shape index (κ1) is 31.7. The summed E-state index contributed by atoms with van der Waals surface area (Å²) >= 11 is 0. The van der Waals surface area contributed by atoms with Crippen LogP contribution in [0.1, 0.15) is 17.2 Å². The Morgan fingerprint density at radius 2 is 1.46 bits per heavy atom. The largest absolute Gasteiger partial charge is 0.478 e. The van der Waals surface area contributed by atoms with Gasteiger partial charge >= 0.3 is 12.4 Å². The van der Waals surface area contributed by atoms with E-state index in [4.69, 9.17) is 15.2 Å². The van der Waals surface area contributed by atoms with Crippen LogP contribution in [0.3, 0.4) is 0 Å². The molecule has 0 fully saturated rings. The van der Waals surface area contributed by atoms with Gasteiger partial charge in [-0.1, -0.05) is 29.8 Å². The number of nitrogens with two attached hydrogens (primary N) is 1. The zero-order valence-corrected chi connectivity index (χ0v) is 23.8. The van der Waals surface area contributed by atoms with E-state index in [9.17, 15) is 30.7 Å². The molecular formula is C27H21F7N10O2. The molecule has 0 aliphatic rings. The van der Waals surface area contributed by atoms with Crippen LogP contribution in [0.4, 0.5) is 48.1 Å². The fraction of sp³-hybridized carbons (Fsp3) is 0.185. The molecule has 4 heterocycles. The first-order chi connectivity index (χ1) is 21.7. The molecule has 0 saturated heterocycles. The molecule has 19 heteroatoms. The number of nitrogens with one attached hydrogen (secondary N) is 2. The Balaban J connectivity index is 0.000000181. The summed E-state index contributed by atoms with van der Waals surface area (Å²) in [6.45, 7) is 1.94. The van der Waals surface area contributed by atoms with Gasteiger partial charge in [-0.25, -0.2) is 24.3 Å². The van der Waals surface area contributed by atoms with Gasteiger partial charge in [-0.15, -0.1) is 0 Å². The van der Waals surface area contributed by atoms with E-state index in [2.05, 4.69) is 40.2 Å². The molecule has 6 aromatic rings. The van der Waals surface area contributed by atoms with Crippen molar-refractivity contribution < 1.29 is 40.2 Å². The van der Waals surface area contributed by atoms with Gasteiger partial charge in [-0.3, -0.25) is 4.57 Å². The van der Waals surface area contributed by atoms with Crippen LogP contribution < -0.4 is 20.5 Å². The van der Waals surface area contributed by atoms with Crippen molar-refractivity contribution in [2.24, 2.45) is 0 Å². The number of hydrogen-bond donors (Lipinski definition) is 3. The monoisotopic (exact) mass is 650 g/mol. The van der Waals surface area contributed by atoms with Crippen molar-refractivity contribution in [1.82, 2.24) is 39.5 Å². The molecule has 0 bridgehead atoms. The molecule has 4 N–H and O–H groups in total. The van der Waals surface area contributed by atoms with Crippen molar-refractivity contribution in [3.8, 4) is 17.4 Å². The Kier molecular flexibility index (Phi) is 8.24. The summed E-state index contributed by atoms with van der Waals surface area (Å²) in [4.78, 5) is 24.6. The number of aromatic nitrogens is 8. The van der Waals surface area contributed by atoms with Crippen LogP contribution >= 0.6 is 0 Å². The topological polar surface area (TPSA) is 155 Å². The number of aromatic amines is 1. The Labute approximate surface area is 253 Å². The first-order valence-corrected chi connectivity index (χ1v) is 12.8. The third kappa shape index (κ3) is 6.37. The maximum absolute atomic E-state index is 14.0. The van der Waals surface area contributed by atoms with E-state index in [1.807, 2.05) is 31.2 Å². The highest BCUT2D eigenvalue weighted by molar-refractivity contribution is 5.74. The molecular weight excluding hydrogens is 629 g/mol. The highest BCUT2D eigenvalue weighted by Gasteiger charge is 2.40. The number of nitrogens with zero attached hydrogens (tertiary/aromatic N) is 7. The molecule has 4 aromatic heterocycles. The summed E-state index contributed by atoms with van der Waals surface area (Å²) in [5.74, 6) is -3.52. The van der Waals surface area contributed by atoms with E-state index in [1.54, 1.807) is 0 Å². The van der Waals surface area contributed by atoms with E-state index >= 15 is 0 Å². The smallest absolute Gasteiger partial charge is 0.450 e. The molecule has 0 radical (unpaired) electrons. The number of halogens is 7. The number of rotatable bonds is 5. The zero-order valence-electron chi connectivity index (χ0n) is 23.8. The fourth-order valence-corrected chi connectivity index (χ4v) is 4.04. The molecule has 46 heavy (non-hydrogen) atoms. The Morgan fingerprint density at radius 1 is 0.783 bits per heavy atom. The molecule has 0 aliphatic carbocycles. The molecule has 240 valence electrons. The van der Waals surface area contributed by atoms with E-state index in [0.717, 1.165) is 11.6 Å². The fourth-order valence-electron chi connectivity index (χ4n) is 4.04. The molecule has 0 amide bonds. The molecule has 12 nitrogen and oxygen atoms in total. The van der Waals surface area contributed by atoms with Crippen molar-refractivity contribution in [3.63, 3.8) is 0 Å². The van der Waals surface area contributed by atoms with Gasteiger partial charge in [0, 0.05) is 5.69 Å². The molecule has 0 aliphatic heterocycles. The van der Waals surface area contributed by atoms with Crippen LogP contribution in [0.15, 0.2) is 48.5 Å². The number of alkyl halides is 6. The summed E-state index contributed by atoms with van der Waals surface area (Å²) in [5, 5.41) is 2.96. The normalized spacial score (nSPS) is 11.8. The standard InChI is InChI=1S/C14H12F3N5O.C13H9F4N5O/c1-7-3-5-8(6-4-7)18-11-12(23-2)20-10-9(19-11)21-13(22-10)14(15,16)17;1-23-11-8(18)19-9-10(21-11)22(12(20-9)13(15,16)17)7-5-3-2-4-6(7)14/h3-6H,1-2H3,(H2,18,19,20,21,22);2-5H,1H3,(H2,18,19). The zero-order chi connectivity index (χ0) is 33.4. The van der Waals surface area contributed by atoms with Crippen molar-refractivity contribution >= 4 is 39.9 Å². The summed E-state index contributed by atoms with van der Waals surface area (Å²) in [5.41, 5.74) is 6.04. The van der Waals surface area contributed by atoms with Gasteiger partial charge in [0.15, 0.2) is 28.6 Å². The number of methoxy groups -OCH3 is 2. The lowest BCUT2D eigenvalue weighted by Gasteiger charge is -2.11. The van der Waals surface area contributed by atoms with Gasteiger partial charge in [0.25, 0.3) is 11.8 Å². The maximum Gasteiger partial charge on any atom is 0.450 e. The van der Waals surface area contributed by atoms with Gasteiger partial charge in [-0.2, -0.15) is 36.3 Å². The predicted octanol–water partition coefficient (Wildman–Crippen LogP) is 6.00. The van der Waals surface area contributed by atoms with Crippen LogP contribution in [-0.4, -0.2) is 53.7 Å². The van der Waals surface area contributed by atoms with E-state index in [0.29, 0.717) is 10.3 Å². The summed E-state index contributed by atoms with van der Waals surface area (Å²) in [7, 11) is 2.60. The second kappa shape index (κ2) is 12.0. The van der Waals surface area contributed by atoms with Crippen molar-refractivity contribution in [2.75, 3.05) is 25.3 Å². The van der Waals surface area contributed by atoms with Crippen LogP contribution in [0.5, 0.6) is 11.8 Å². The minimum absolute atomic E-state index is 0.0652. The third-order valence-electron chi connectivity index (χ3n) is 6.10. The quantitative estimate of drug-likeness (QED) is 0.189. The van der Waals surface area contributed by atoms with Gasteiger partial charge in [0.1, 0.15) is 5.82 Å². The van der Waals surface area contributed by atoms with Gasteiger partial charge in [0.05, 0.1) is 19.9 Å². The number of imidazole rings is 2. The molecule has 0 atom stereocenters. The second-order valence-electron chi connectivity index (χ2n) is 9.31. The molecule has 6 rings (SSSR count).